The van der Waals surface area contributed by atoms with E-state index in [0.29, 0.717) is 22.9 Å². The third-order valence-electron chi connectivity index (χ3n) is 5.98. The summed E-state index contributed by atoms with van der Waals surface area (Å²) in [5.41, 5.74) is 0.801. The van der Waals surface area contributed by atoms with Crippen molar-refractivity contribution in [2.24, 2.45) is 5.92 Å². The fourth-order valence-corrected chi connectivity index (χ4v) is 5.13. The van der Waals surface area contributed by atoms with Gasteiger partial charge in [0.25, 0.3) is 0 Å². The Kier molecular flexibility index (Phi) is 8.57. The first-order valence-corrected chi connectivity index (χ1v) is 11.9. The van der Waals surface area contributed by atoms with E-state index in [0.717, 1.165) is 36.2 Å². The second kappa shape index (κ2) is 11.2. The second-order valence-corrected chi connectivity index (χ2v) is 9.00. The number of aromatic nitrogens is 1. The minimum atomic E-state index is -0.755. The van der Waals surface area contributed by atoms with Gasteiger partial charge in [0, 0.05) is 37.8 Å². The van der Waals surface area contributed by atoms with Gasteiger partial charge in [-0.2, -0.15) is 0 Å². The average Bonchev–Trinajstić information content (AvgIpc) is 3.41. The lowest BCUT2D eigenvalue weighted by atomic mass is 10.1. The van der Waals surface area contributed by atoms with Crippen LogP contribution in [0.3, 0.4) is 0 Å². The molecule has 0 N–H and O–H groups in total. The lowest BCUT2D eigenvalue weighted by molar-refractivity contribution is -0.124. The standard InChI is InChI=1S/C24H26F2N4O2S.ClH/c1-3-28(4-2)10-11-29(24-27-22-19(26)13-17(25)14-20(22)33-24)23(32)16-12-21(31)30(15-16)18-8-6-5-7-9-18;/h5-9,13-14,16H,3-4,10-12,15H2,1-2H3;1H. The largest absolute Gasteiger partial charge is 0.312 e. The number of nitrogens with zero attached hydrogens (tertiary/aromatic N) is 4. The van der Waals surface area contributed by atoms with Crippen molar-refractivity contribution in [1.82, 2.24) is 9.88 Å². The molecule has 3 aromatic rings. The maximum atomic E-state index is 14.3. The topological polar surface area (TPSA) is 56.8 Å². The molecule has 2 amide bonds. The van der Waals surface area contributed by atoms with Gasteiger partial charge in [0.1, 0.15) is 11.3 Å². The average molecular weight is 509 g/mol. The summed E-state index contributed by atoms with van der Waals surface area (Å²) in [7, 11) is 0. The summed E-state index contributed by atoms with van der Waals surface area (Å²) in [6.07, 6.45) is 0.101. The van der Waals surface area contributed by atoms with E-state index in [1.54, 1.807) is 4.90 Å². The van der Waals surface area contributed by atoms with E-state index < -0.39 is 17.6 Å². The maximum Gasteiger partial charge on any atom is 0.234 e. The smallest absolute Gasteiger partial charge is 0.234 e. The van der Waals surface area contributed by atoms with Gasteiger partial charge in [0.15, 0.2) is 10.9 Å². The highest BCUT2D eigenvalue weighted by Gasteiger charge is 2.38. The molecule has 10 heteroatoms. The minimum Gasteiger partial charge on any atom is -0.312 e. The Hall–Kier alpha value is -2.62. The highest BCUT2D eigenvalue weighted by atomic mass is 35.5. The van der Waals surface area contributed by atoms with E-state index in [2.05, 4.69) is 9.88 Å². The molecule has 1 aliphatic rings. The van der Waals surface area contributed by atoms with Crippen molar-refractivity contribution in [3.8, 4) is 0 Å². The van der Waals surface area contributed by atoms with Crippen molar-refractivity contribution < 1.29 is 18.4 Å². The number of benzene rings is 2. The molecule has 1 fully saturated rings. The Labute approximate surface area is 207 Å². The zero-order valence-corrected chi connectivity index (χ0v) is 20.7. The van der Waals surface area contributed by atoms with Gasteiger partial charge in [-0.25, -0.2) is 13.8 Å². The first-order chi connectivity index (χ1) is 15.9. The number of likely N-dealkylation sites (N-methyl/N-ethyl adjacent to an activating group) is 1. The summed E-state index contributed by atoms with van der Waals surface area (Å²) < 4.78 is 28.3. The maximum absolute atomic E-state index is 14.3. The van der Waals surface area contributed by atoms with Gasteiger partial charge in [-0.1, -0.05) is 43.4 Å². The number of carbonyl (C=O) groups excluding carboxylic acids is 2. The van der Waals surface area contributed by atoms with Crippen molar-refractivity contribution in [2.45, 2.75) is 20.3 Å². The molecule has 0 radical (unpaired) electrons. The van der Waals surface area contributed by atoms with Crippen LogP contribution in [0.15, 0.2) is 42.5 Å². The third kappa shape index (κ3) is 5.37. The number of fused-ring (bicyclic) bond motifs is 1. The van der Waals surface area contributed by atoms with Gasteiger partial charge < -0.3 is 9.80 Å². The number of carbonyl (C=O) groups is 2. The lowest BCUT2D eigenvalue weighted by Crippen LogP contribution is -2.42. The van der Waals surface area contributed by atoms with Crippen LogP contribution < -0.4 is 9.80 Å². The van der Waals surface area contributed by atoms with E-state index in [-0.39, 0.29) is 42.7 Å². The zero-order valence-electron chi connectivity index (χ0n) is 19.0. The Morgan fingerprint density at radius 1 is 1.15 bits per heavy atom. The molecule has 182 valence electrons. The van der Waals surface area contributed by atoms with Crippen LogP contribution in [0.1, 0.15) is 20.3 Å². The molecule has 1 saturated heterocycles. The Morgan fingerprint density at radius 2 is 1.85 bits per heavy atom. The molecule has 0 saturated carbocycles. The lowest BCUT2D eigenvalue weighted by Gasteiger charge is -2.26. The number of amides is 2. The molecular weight excluding hydrogens is 482 g/mol. The molecule has 0 spiro atoms. The van der Waals surface area contributed by atoms with Crippen molar-refractivity contribution in [3.63, 3.8) is 0 Å². The first kappa shape index (κ1) is 26.0. The van der Waals surface area contributed by atoms with Crippen LogP contribution in [-0.4, -0.2) is 54.4 Å². The van der Waals surface area contributed by atoms with Crippen molar-refractivity contribution >= 4 is 56.6 Å². The SMILES string of the molecule is CCN(CC)CCN(C(=O)C1CC(=O)N(c2ccccc2)C1)c1nc2c(F)cc(F)cc2s1.Cl. The highest BCUT2D eigenvalue weighted by Crippen LogP contribution is 2.33. The molecule has 34 heavy (non-hydrogen) atoms. The molecule has 0 bridgehead atoms. The Bertz CT molecular complexity index is 1160. The normalized spacial score (nSPS) is 15.7. The van der Waals surface area contributed by atoms with E-state index >= 15 is 0 Å². The molecule has 1 aliphatic heterocycles. The summed E-state index contributed by atoms with van der Waals surface area (Å²) >= 11 is 1.08. The second-order valence-electron chi connectivity index (χ2n) is 7.99. The molecule has 6 nitrogen and oxygen atoms in total. The quantitative estimate of drug-likeness (QED) is 0.441. The monoisotopic (exact) mass is 508 g/mol. The number of thiazole rings is 1. The fourth-order valence-electron chi connectivity index (χ4n) is 4.09. The summed E-state index contributed by atoms with van der Waals surface area (Å²) in [4.78, 5) is 36.0. The molecule has 2 heterocycles. The summed E-state index contributed by atoms with van der Waals surface area (Å²) in [5.74, 6) is -2.32. The molecule has 1 atom stereocenters. The van der Waals surface area contributed by atoms with Crippen LogP contribution in [0.4, 0.5) is 19.6 Å². The van der Waals surface area contributed by atoms with Gasteiger partial charge >= 0.3 is 0 Å². The molecule has 4 rings (SSSR count). The van der Waals surface area contributed by atoms with Gasteiger partial charge in [0.05, 0.1) is 10.6 Å². The van der Waals surface area contributed by atoms with Crippen molar-refractivity contribution in [1.29, 1.82) is 0 Å². The van der Waals surface area contributed by atoms with E-state index in [1.165, 1.54) is 11.0 Å². The van der Waals surface area contributed by atoms with Crippen molar-refractivity contribution in [2.75, 3.05) is 42.5 Å². The Balaban J connectivity index is 0.00000324. The predicted octanol–water partition coefficient (Wildman–Crippen LogP) is 4.72. The van der Waals surface area contributed by atoms with Gasteiger partial charge in [-0.15, -0.1) is 12.4 Å². The molecule has 1 aromatic heterocycles. The number of para-hydroxylation sites is 1. The third-order valence-corrected chi connectivity index (χ3v) is 7.00. The van der Waals surface area contributed by atoms with Gasteiger partial charge in [-0.05, 0) is 31.3 Å². The van der Waals surface area contributed by atoms with Crippen molar-refractivity contribution in [3.05, 3.63) is 54.1 Å². The van der Waals surface area contributed by atoms with Gasteiger partial charge in [0.2, 0.25) is 11.8 Å². The molecule has 2 aromatic carbocycles. The van der Waals surface area contributed by atoms with Gasteiger partial charge in [-0.3, -0.25) is 14.5 Å². The van der Waals surface area contributed by atoms with E-state index in [1.807, 2.05) is 44.2 Å². The Morgan fingerprint density at radius 3 is 2.53 bits per heavy atom. The number of hydrogen-bond donors (Lipinski definition) is 0. The van der Waals surface area contributed by atoms with Crippen LogP contribution >= 0.6 is 23.7 Å². The summed E-state index contributed by atoms with van der Waals surface area (Å²) in [6, 6.07) is 11.3. The van der Waals surface area contributed by atoms with Crippen LogP contribution in [-0.2, 0) is 9.59 Å². The van der Waals surface area contributed by atoms with E-state index in [4.69, 9.17) is 0 Å². The zero-order chi connectivity index (χ0) is 23.5. The van der Waals surface area contributed by atoms with Crippen LogP contribution in [0.5, 0.6) is 0 Å². The highest BCUT2D eigenvalue weighted by molar-refractivity contribution is 7.22. The predicted molar refractivity (Wildman–Crippen MR) is 134 cm³/mol. The molecule has 0 aliphatic carbocycles. The molecule has 1 unspecified atom stereocenters. The fraction of sp³-hybridized carbons (Fsp3) is 0.375. The number of halogens is 3. The first-order valence-electron chi connectivity index (χ1n) is 11.1. The minimum absolute atomic E-state index is 0. The summed E-state index contributed by atoms with van der Waals surface area (Å²) in [6.45, 7) is 6.95. The van der Waals surface area contributed by atoms with Crippen LogP contribution in [0, 0.1) is 17.6 Å². The number of rotatable bonds is 8. The van der Waals surface area contributed by atoms with Crippen LogP contribution in [0.2, 0.25) is 0 Å². The number of anilines is 2. The summed E-state index contributed by atoms with van der Waals surface area (Å²) in [5, 5.41) is 0.317. The van der Waals surface area contributed by atoms with Crippen LogP contribution in [0.25, 0.3) is 10.2 Å². The molecular formula is C24H27ClF2N4O2S. The number of hydrogen-bond acceptors (Lipinski definition) is 5. The van der Waals surface area contributed by atoms with E-state index in [9.17, 15) is 18.4 Å².